The number of imide groups is 1. The summed E-state index contributed by atoms with van der Waals surface area (Å²) in [4.78, 5) is 29.6. The van der Waals surface area contributed by atoms with Crippen LogP contribution in [0.1, 0.15) is 28.2 Å². The third kappa shape index (κ3) is 2.02. The van der Waals surface area contributed by atoms with Crippen molar-refractivity contribution in [3.63, 3.8) is 0 Å². The van der Waals surface area contributed by atoms with Crippen LogP contribution in [-0.2, 0) is 13.9 Å². The summed E-state index contributed by atoms with van der Waals surface area (Å²) in [5, 5.41) is 1.94. The second-order valence-corrected chi connectivity index (χ2v) is 10.1. The second-order valence-electron chi connectivity index (χ2n) is 8.88. The molecule has 1 fully saturated rings. The third-order valence-corrected chi connectivity index (χ3v) is 8.87. The molecule has 1 aliphatic heterocycles. The number of nitrogens with zero attached hydrogens (tertiary/aromatic N) is 1. The zero-order chi connectivity index (χ0) is 21.6. The van der Waals surface area contributed by atoms with Crippen molar-refractivity contribution in [2.75, 3.05) is 4.90 Å². The van der Waals surface area contributed by atoms with Crippen LogP contribution in [0.4, 0.5) is 5.69 Å². The summed E-state index contributed by atoms with van der Waals surface area (Å²) in [6, 6.07) is 30.2. The first-order chi connectivity index (χ1) is 15.6. The lowest BCUT2D eigenvalue weighted by Crippen LogP contribution is -2.50. The number of alkyl halides is 1. The van der Waals surface area contributed by atoms with Crippen LogP contribution in [0.25, 0.3) is 10.8 Å². The molecule has 0 spiro atoms. The van der Waals surface area contributed by atoms with Gasteiger partial charge in [0.05, 0.1) is 21.8 Å². The number of hydrogen-bond acceptors (Lipinski definition) is 2. The molecule has 1 saturated heterocycles. The number of carbonyl (C=O) groups is 2. The molecule has 4 aromatic carbocycles. The van der Waals surface area contributed by atoms with Gasteiger partial charge in [-0.2, -0.15) is 0 Å². The molecule has 0 radical (unpaired) electrons. The minimum absolute atomic E-state index is 0.103. The van der Waals surface area contributed by atoms with Crippen LogP contribution in [0.15, 0.2) is 91.0 Å². The molecule has 0 aromatic heterocycles. The minimum atomic E-state index is -0.717. The lowest BCUT2D eigenvalue weighted by Gasteiger charge is -2.51. The van der Waals surface area contributed by atoms with Crippen molar-refractivity contribution >= 4 is 44.2 Å². The molecular weight excluding hydrogens is 462 g/mol. The van der Waals surface area contributed by atoms with Gasteiger partial charge in [-0.15, -0.1) is 0 Å². The van der Waals surface area contributed by atoms with Crippen LogP contribution in [0.5, 0.6) is 0 Å². The van der Waals surface area contributed by atoms with E-state index in [1.165, 1.54) is 4.90 Å². The van der Waals surface area contributed by atoms with Gasteiger partial charge < -0.3 is 0 Å². The standard InChI is InChI=1S/C28H18BrNO2/c29-28-20-13-5-3-11-18(20)23(19-12-4-6-14-21(19)28)24-25(28)27(32)30(26(24)31)22-15-7-9-16-8-1-2-10-17(16)22/h1-15,23-25H/t23?,24-,25+,28?/m1/s1. The molecule has 4 heteroatoms. The van der Waals surface area contributed by atoms with E-state index in [-0.39, 0.29) is 17.7 Å². The van der Waals surface area contributed by atoms with E-state index < -0.39 is 16.2 Å². The molecule has 1 heterocycles. The molecule has 3 aliphatic carbocycles. The van der Waals surface area contributed by atoms with Crippen molar-refractivity contribution in [3.05, 3.63) is 113 Å². The van der Waals surface area contributed by atoms with E-state index in [1.54, 1.807) is 0 Å². The van der Waals surface area contributed by atoms with Crippen molar-refractivity contribution < 1.29 is 9.59 Å². The average Bonchev–Trinajstić information content (AvgIpc) is 3.10. The fourth-order valence-corrected chi connectivity index (χ4v) is 7.52. The number of amides is 2. The number of anilines is 1. The van der Waals surface area contributed by atoms with Crippen molar-refractivity contribution in [2.45, 2.75) is 10.2 Å². The topological polar surface area (TPSA) is 37.4 Å². The molecule has 2 amide bonds. The number of rotatable bonds is 1. The molecule has 2 bridgehead atoms. The maximum atomic E-state index is 14.1. The largest absolute Gasteiger partial charge is 0.274 e. The van der Waals surface area contributed by atoms with Gasteiger partial charge in [0.2, 0.25) is 11.8 Å². The van der Waals surface area contributed by atoms with Crippen LogP contribution >= 0.6 is 15.9 Å². The first-order valence-electron chi connectivity index (χ1n) is 10.9. The van der Waals surface area contributed by atoms with E-state index >= 15 is 0 Å². The Labute approximate surface area is 193 Å². The van der Waals surface area contributed by atoms with Gasteiger partial charge in [-0.3, -0.25) is 9.59 Å². The zero-order valence-electron chi connectivity index (χ0n) is 17.0. The molecule has 4 aliphatic rings. The van der Waals surface area contributed by atoms with Gasteiger partial charge >= 0.3 is 0 Å². The molecule has 154 valence electrons. The molecule has 2 atom stereocenters. The Kier molecular flexibility index (Phi) is 3.54. The molecule has 0 N–H and O–H groups in total. The maximum Gasteiger partial charge on any atom is 0.239 e. The number of halogens is 1. The molecule has 8 rings (SSSR count). The molecule has 3 nitrogen and oxygen atoms in total. The Morgan fingerprint density at radius 3 is 2.00 bits per heavy atom. The summed E-state index contributed by atoms with van der Waals surface area (Å²) in [6.45, 7) is 0. The highest BCUT2D eigenvalue weighted by atomic mass is 79.9. The highest BCUT2D eigenvalue weighted by Gasteiger charge is 2.67. The third-order valence-electron chi connectivity index (χ3n) is 7.52. The van der Waals surface area contributed by atoms with Crippen molar-refractivity contribution in [1.29, 1.82) is 0 Å². The SMILES string of the molecule is O=C1[C@@H]2C3c4ccccc4C(Br)(c4ccccc43)[C@@H]2C(=O)N1c1cccc2ccccc12. The van der Waals surface area contributed by atoms with E-state index in [2.05, 4.69) is 40.2 Å². The molecule has 4 aromatic rings. The summed E-state index contributed by atoms with van der Waals surface area (Å²) >= 11 is 4.06. The van der Waals surface area contributed by atoms with Gasteiger partial charge in [0.25, 0.3) is 0 Å². The van der Waals surface area contributed by atoms with Crippen molar-refractivity contribution in [2.24, 2.45) is 11.8 Å². The monoisotopic (exact) mass is 479 g/mol. The first kappa shape index (κ1) is 18.3. The Morgan fingerprint density at radius 2 is 1.28 bits per heavy atom. The van der Waals surface area contributed by atoms with Crippen LogP contribution in [0.2, 0.25) is 0 Å². The van der Waals surface area contributed by atoms with Crippen LogP contribution < -0.4 is 4.90 Å². The highest BCUT2D eigenvalue weighted by Crippen LogP contribution is 2.66. The Balaban J connectivity index is 1.50. The summed E-state index contributed by atoms with van der Waals surface area (Å²) in [7, 11) is 0. The summed E-state index contributed by atoms with van der Waals surface area (Å²) in [5.41, 5.74) is 5.17. The van der Waals surface area contributed by atoms with Crippen LogP contribution in [-0.4, -0.2) is 11.8 Å². The predicted molar refractivity (Wildman–Crippen MR) is 128 cm³/mol. The zero-order valence-corrected chi connectivity index (χ0v) is 18.6. The number of hydrogen-bond donors (Lipinski definition) is 0. The van der Waals surface area contributed by atoms with E-state index in [0.717, 1.165) is 33.0 Å². The van der Waals surface area contributed by atoms with Gasteiger partial charge in [0.15, 0.2) is 0 Å². The van der Waals surface area contributed by atoms with E-state index in [9.17, 15) is 9.59 Å². The van der Waals surface area contributed by atoms with E-state index in [1.807, 2.05) is 66.7 Å². The van der Waals surface area contributed by atoms with Gasteiger partial charge in [-0.1, -0.05) is 101 Å². The Bertz CT molecular complexity index is 1420. The predicted octanol–water partition coefficient (Wildman–Crippen LogP) is 5.74. The van der Waals surface area contributed by atoms with Crippen LogP contribution in [0.3, 0.4) is 0 Å². The normalized spacial score (nSPS) is 27.4. The summed E-state index contributed by atoms with van der Waals surface area (Å²) in [5.74, 6) is -1.26. The first-order valence-corrected chi connectivity index (χ1v) is 11.6. The van der Waals surface area contributed by atoms with E-state index in [0.29, 0.717) is 5.69 Å². The fraction of sp³-hybridized carbons (Fsp3) is 0.143. The van der Waals surface area contributed by atoms with Gasteiger partial charge in [0, 0.05) is 11.3 Å². The fourth-order valence-electron chi connectivity index (χ4n) is 6.32. The summed E-state index contributed by atoms with van der Waals surface area (Å²) < 4.78 is -0.717. The maximum absolute atomic E-state index is 14.1. The lowest BCUT2D eigenvalue weighted by molar-refractivity contribution is -0.122. The van der Waals surface area contributed by atoms with Gasteiger partial charge in [0.1, 0.15) is 0 Å². The minimum Gasteiger partial charge on any atom is -0.274 e. The summed E-state index contributed by atoms with van der Waals surface area (Å²) in [6.07, 6.45) is 0. The smallest absolute Gasteiger partial charge is 0.239 e. The van der Waals surface area contributed by atoms with E-state index in [4.69, 9.17) is 0 Å². The molecular formula is C28H18BrNO2. The number of fused-ring (bicyclic) bond motifs is 1. The van der Waals surface area contributed by atoms with Crippen molar-refractivity contribution in [1.82, 2.24) is 0 Å². The highest BCUT2D eigenvalue weighted by molar-refractivity contribution is 9.09. The molecule has 0 unspecified atom stereocenters. The number of carbonyl (C=O) groups excluding carboxylic acids is 2. The average molecular weight is 480 g/mol. The second kappa shape index (κ2) is 6.17. The lowest BCUT2D eigenvalue weighted by atomic mass is 9.55. The Morgan fingerprint density at radius 1 is 0.688 bits per heavy atom. The Hall–Kier alpha value is -3.24. The van der Waals surface area contributed by atoms with Gasteiger partial charge in [-0.05, 0) is 33.7 Å². The van der Waals surface area contributed by atoms with Crippen LogP contribution in [0, 0.1) is 11.8 Å². The number of benzene rings is 4. The quantitative estimate of drug-likeness (QED) is 0.257. The van der Waals surface area contributed by atoms with Gasteiger partial charge in [-0.25, -0.2) is 4.90 Å². The molecule has 0 saturated carbocycles. The van der Waals surface area contributed by atoms with Crippen molar-refractivity contribution in [3.8, 4) is 0 Å². The molecule has 32 heavy (non-hydrogen) atoms.